The molecule has 0 aromatic carbocycles. The van der Waals surface area contributed by atoms with Gasteiger partial charge in [-0.25, -0.2) is 0 Å². The summed E-state index contributed by atoms with van der Waals surface area (Å²) < 4.78 is 0. The first-order valence-corrected chi connectivity index (χ1v) is 6.96. The molecule has 0 saturated carbocycles. The zero-order chi connectivity index (χ0) is 12.6. The molecule has 1 spiro atoms. The summed E-state index contributed by atoms with van der Waals surface area (Å²) in [5, 5.41) is 0. The Balaban J connectivity index is 1.90. The van der Waals surface area contributed by atoms with Crippen molar-refractivity contribution in [2.24, 2.45) is 11.3 Å². The van der Waals surface area contributed by atoms with E-state index in [9.17, 15) is 4.79 Å². The highest BCUT2D eigenvalue weighted by atomic mass is 16.2. The van der Waals surface area contributed by atoms with Crippen LogP contribution in [0.1, 0.15) is 40.5 Å². The van der Waals surface area contributed by atoms with Gasteiger partial charge in [-0.05, 0) is 33.2 Å². The lowest BCUT2D eigenvalue weighted by Gasteiger charge is -2.55. The summed E-state index contributed by atoms with van der Waals surface area (Å²) in [7, 11) is 0. The fourth-order valence-corrected chi connectivity index (χ4v) is 3.23. The van der Waals surface area contributed by atoms with Gasteiger partial charge in [0.15, 0.2) is 0 Å². The minimum absolute atomic E-state index is 0.150. The average molecular weight is 238 g/mol. The largest absolute Gasteiger partial charge is 0.341 e. The van der Waals surface area contributed by atoms with E-state index in [1.165, 1.54) is 25.9 Å². The van der Waals surface area contributed by atoms with Crippen LogP contribution in [0.3, 0.4) is 0 Å². The van der Waals surface area contributed by atoms with Crippen LogP contribution in [0.5, 0.6) is 0 Å². The highest BCUT2D eigenvalue weighted by molar-refractivity contribution is 5.79. The molecule has 2 rings (SSSR count). The van der Waals surface area contributed by atoms with E-state index < -0.39 is 0 Å². The van der Waals surface area contributed by atoms with Crippen molar-refractivity contribution >= 4 is 5.91 Å². The van der Waals surface area contributed by atoms with Crippen LogP contribution in [-0.2, 0) is 4.79 Å². The molecule has 2 heterocycles. The first-order valence-electron chi connectivity index (χ1n) is 6.96. The summed E-state index contributed by atoms with van der Waals surface area (Å²) in [6, 6.07) is 0.641. The van der Waals surface area contributed by atoms with Crippen LogP contribution in [0.4, 0.5) is 0 Å². The molecule has 0 atom stereocenters. The maximum atomic E-state index is 11.9. The van der Waals surface area contributed by atoms with Crippen LogP contribution in [0.25, 0.3) is 0 Å². The van der Waals surface area contributed by atoms with Crippen LogP contribution in [-0.4, -0.2) is 47.9 Å². The van der Waals surface area contributed by atoms with E-state index in [4.69, 9.17) is 0 Å². The number of hydrogen-bond acceptors (Lipinski definition) is 2. The first-order chi connectivity index (χ1) is 7.93. The maximum Gasteiger partial charge on any atom is 0.225 e. The van der Waals surface area contributed by atoms with E-state index in [2.05, 4.69) is 23.6 Å². The number of likely N-dealkylation sites (tertiary alicyclic amines) is 2. The van der Waals surface area contributed by atoms with Gasteiger partial charge in [0.1, 0.15) is 0 Å². The molecule has 0 unspecified atom stereocenters. The molecule has 0 bridgehead atoms. The Bertz CT molecular complexity index is 293. The molecule has 2 saturated heterocycles. The van der Waals surface area contributed by atoms with E-state index in [0.29, 0.717) is 17.4 Å². The third-order valence-electron chi connectivity index (χ3n) is 4.28. The summed E-state index contributed by atoms with van der Waals surface area (Å²) in [4.78, 5) is 16.5. The van der Waals surface area contributed by atoms with E-state index in [0.717, 1.165) is 13.1 Å². The topological polar surface area (TPSA) is 23.6 Å². The number of rotatable bonds is 2. The molecule has 3 nitrogen and oxygen atoms in total. The Morgan fingerprint density at radius 1 is 1.12 bits per heavy atom. The predicted molar refractivity (Wildman–Crippen MR) is 69.8 cm³/mol. The fourth-order valence-electron chi connectivity index (χ4n) is 3.23. The lowest BCUT2D eigenvalue weighted by atomic mass is 9.72. The number of carbonyl (C=O) groups is 1. The van der Waals surface area contributed by atoms with Crippen molar-refractivity contribution < 1.29 is 4.79 Å². The van der Waals surface area contributed by atoms with Crippen molar-refractivity contribution in [1.82, 2.24) is 9.80 Å². The zero-order valence-corrected chi connectivity index (χ0v) is 11.7. The van der Waals surface area contributed by atoms with Crippen molar-refractivity contribution in [3.05, 3.63) is 0 Å². The van der Waals surface area contributed by atoms with Crippen LogP contribution in [0.15, 0.2) is 0 Å². The molecule has 98 valence electrons. The van der Waals surface area contributed by atoms with Gasteiger partial charge in [0.05, 0.1) is 0 Å². The monoisotopic (exact) mass is 238 g/mol. The highest BCUT2D eigenvalue weighted by Gasteiger charge is 2.47. The van der Waals surface area contributed by atoms with E-state index in [-0.39, 0.29) is 5.92 Å². The molecule has 3 heteroatoms. The maximum absolute atomic E-state index is 11.9. The van der Waals surface area contributed by atoms with Gasteiger partial charge < -0.3 is 9.80 Å². The lowest BCUT2D eigenvalue weighted by Crippen LogP contribution is -2.65. The van der Waals surface area contributed by atoms with Crippen molar-refractivity contribution in [3.63, 3.8) is 0 Å². The Morgan fingerprint density at radius 3 is 2.29 bits per heavy atom. The Kier molecular flexibility index (Phi) is 3.48. The standard InChI is InChI=1S/C14H26N2O/c1-11(2)13(17)16-9-14(10-16)6-5-7-15(8-14)12(3)4/h11-12H,5-10H2,1-4H3. The van der Waals surface area contributed by atoms with Crippen LogP contribution < -0.4 is 0 Å². The number of carbonyl (C=O) groups excluding carboxylic acids is 1. The minimum Gasteiger partial charge on any atom is -0.341 e. The van der Waals surface area contributed by atoms with E-state index >= 15 is 0 Å². The summed E-state index contributed by atoms with van der Waals surface area (Å²) in [6.45, 7) is 12.9. The molecule has 0 radical (unpaired) electrons. The number of nitrogens with zero attached hydrogens (tertiary/aromatic N) is 2. The second kappa shape index (κ2) is 4.60. The molecule has 0 aromatic heterocycles. The molecule has 17 heavy (non-hydrogen) atoms. The van der Waals surface area contributed by atoms with E-state index in [1.54, 1.807) is 0 Å². The first kappa shape index (κ1) is 12.9. The van der Waals surface area contributed by atoms with Gasteiger partial charge in [0.2, 0.25) is 5.91 Å². The van der Waals surface area contributed by atoms with Crippen molar-refractivity contribution in [1.29, 1.82) is 0 Å². The smallest absolute Gasteiger partial charge is 0.225 e. The quantitative estimate of drug-likeness (QED) is 0.734. The van der Waals surface area contributed by atoms with Crippen molar-refractivity contribution in [2.45, 2.75) is 46.6 Å². The van der Waals surface area contributed by atoms with Gasteiger partial charge in [-0.2, -0.15) is 0 Å². The Labute approximate surface area is 105 Å². The van der Waals surface area contributed by atoms with Gasteiger partial charge in [-0.15, -0.1) is 0 Å². The average Bonchev–Trinajstić information content (AvgIpc) is 2.24. The van der Waals surface area contributed by atoms with Gasteiger partial charge in [-0.1, -0.05) is 13.8 Å². The SMILES string of the molecule is CC(C)C(=O)N1CC2(CCCN(C(C)C)C2)C1. The summed E-state index contributed by atoms with van der Waals surface area (Å²) in [5.74, 6) is 0.481. The van der Waals surface area contributed by atoms with Crippen molar-refractivity contribution in [2.75, 3.05) is 26.2 Å². The summed E-state index contributed by atoms with van der Waals surface area (Å²) in [6.07, 6.45) is 2.60. The van der Waals surface area contributed by atoms with Gasteiger partial charge in [-0.3, -0.25) is 4.79 Å². The number of piperidine rings is 1. The Morgan fingerprint density at radius 2 is 1.76 bits per heavy atom. The highest BCUT2D eigenvalue weighted by Crippen LogP contribution is 2.39. The summed E-state index contributed by atoms with van der Waals surface area (Å²) in [5.41, 5.74) is 0.424. The third-order valence-corrected chi connectivity index (χ3v) is 4.28. The van der Waals surface area contributed by atoms with Crippen LogP contribution >= 0.6 is 0 Å². The van der Waals surface area contributed by atoms with Gasteiger partial charge in [0.25, 0.3) is 0 Å². The Hall–Kier alpha value is -0.570. The number of hydrogen-bond donors (Lipinski definition) is 0. The molecule has 1 amide bonds. The van der Waals surface area contributed by atoms with Crippen LogP contribution in [0.2, 0.25) is 0 Å². The lowest BCUT2D eigenvalue weighted by molar-refractivity contribution is -0.151. The number of amides is 1. The fraction of sp³-hybridized carbons (Fsp3) is 0.929. The minimum atomic E-state index is 0.150. The second-order valence-corrected chi connectivity index (χ2v) is 6.52. The van der Waals surface area contributed by atoms with Gasteiger partial charge in [0, 0.05) is 37.0 Å². The third kappa shape index (κ3) is 2.49. The predicted octanol–water partition coefficient (Wildman–Crippen LogP) is 1.98. The molecule has 2 fully saturated rings. The van der Waals surface area contributed by atoms with Crippen molar-refractivity contribution in [3.8, 4) is 0 Å². The summed E-state index contributed by atoms with van der Waals surface area (Å²) >= 11 is 0. The molecule has 2 aliphatic rings. The molecular formula is C14H26N2O. The van der Waals surface area contributed by atoms with Crippen LogP contribution in [0, 0.1) is 11.3 Å². The molecule has 0 aromatic rings. The molecule has 0 N–H and O–H groups in total. The molecule has 2 aliphatic heterocycles. The molecule has 0 aliphatic carbocycles. The molecular weight excluding hydrogens is 212 g/mol. The normalized spacial score (nSPS) is 24.5. The zero-order valence-electron chi connectivity index (χ0n) is 11.7. The van der Waals surface area contributed by atoms with E-state index in [1.807, 2.05) is 13.8 Å². The van der Waals surface area contributed by atoms with Gasteiger partial charge >= 0.3 is 0 Å². The second-order valence-electron chi connectivity index (χ2n) is 6.52.